The Labute approximate surface area is 218 Å². The third-order valence-electron chi connectivity index (χ3n) is 8.58. The summed E-state index contributed by atoms with van der Waals surface area (Å²) in [4.78, 5) is 15.9. The van der Waals surface area contributed by atoms with Crippen LogP contribution in [-0.4, -0.2) is 62.3 Å². The molecule has 1 aromatic rings. The summed E-state index contributed by atoms with van der Waals surface area (Å²) in [6, 6.07) is 5.17. The summed E-state index contributed by atoms with van der Waals surface area (Å²) in [5.74, 6) is 1.43. The quantitative estimate of drug-likeness (QED) is 0.464. The van der Waals surface area contributed by atoms with Crippen molar-refractivity contribution in [3.05, 3.63) is 18.2 Å². The minimum Gasteiger partial charge on any atom is -0.378 e. The fourth-order valence-corrected chi connectivity index (χ4v) is 10.6. The number of rotatable bonds is 8. The molecule has 7 nitrogen and oxygen atoms in total. The zero-order chi connectivity index (χ0) is 24.8. The molecular weight excluding hydrogens is 530 g/mol. The van der Waals surface area contributed by atoms with Gasteiger partial charge in [-0.25, -0.2) is 8.42 Å². The van der Waals surface area contributed by atoms with Gasteiger partial charge in [0.2, 0.25) is 15.9 Å². The number of ether oxygens (including phenoxy) is 1. The number of carbonyl (C=O) groups is 1. The van der Waals surface area contributed by atoms with Gasteiger partial charge in [-0.1, -0.05) is 29.8 Å². The molecular formula is C26H38BrN3O4S. The molecule has 1 N–H and O–H groups in total. The number of sulfonamides is 1. The first kappa shape index (κ1) is 25.5. The first-order valence-electron chi connectivity index (χ1n) is 13.1. The molecule has 35 heavy (non-hydrogen) atoms. The maximum atomic E-state index is 13.5. The molecule has 0 radical (unpaired) electrons. The summed E-state index contributed by atoms with van der Waals surface area (Å²) < 4.78 is 33.6. The highest BCUT2D eigenvalue weighted by atomic mass is 79.9. The van der Waals surface area contributed by atoms with E-state index in [9.17, 15) is 13.2 Å². The molecule has 4 saturated carbocycles. The van der Waals surface area contributed by atoms with E-state index in [1.807, 2.05) is 19.9 Å². The highest BCUT2D eigenvalue weighted by Gasteiger charge is 2.57. The smallest absolute Gasteiger partial charge is 0.243 e. The van der Waals surface area contributed by atoms with Gasteiger partial charge in [-0.3, -0.25) is 4.79 Å². The standard InChI is InChI=1S/C26H38BrN3O4S/c1-3-30(4-2)35(32,33)21-5-6-23(29-7-9-34-10-8-29)22(12-21)28-24(31)17-25-13-19-11-20(14-25)16-26(27,15-19)18-25/h5-6,12,19-20H,3-4,7-11,13-18H2,1-2H3,(H,28,31)/t19-,20-,25?,26?/m0/s1. The zero-order valence-electron chi connectivity index (χ0n) is 20.9. The molecule has 0 unspecified atom stereocenters. The summed E-state index contributed by atoms with van der Waals surface area (Å²) in [6.07, 6.45) is 7.62. The molecule has 1 heterocycles. The molecule has 0 aromatic heterocycles. The Balaban J connectivity index is 1.41. The Morgan fingerprint density at radius 1 is 1.14 bits per heavy atom. The molecule has 4 aliphatic carbocycles. The number of anilines is 2. The number of morpholine rings is 1. The molecule has 6 rings (SSSR count). The molecule has 5 fully saturated rings. The number of hydrogen-bond donors (Lipinski definition) is 1. The van der Waals surface area contributed by atoms with E-state index in [4.69, 9.17) is 4.74 Å². The van der Waals surface area contributed by atoms with Crippen molar-refractivity contribution in [3.8, 4) is 0 Å². The minimum atomic E-state index is -3.63. The van der Waals surface area contributed by atoms with Crippen LogP contribution in [0.15, 0.2) is 23.1 Å². The normalized spacial score (nSPS) is 32.3. The summed E-state index contributed by atoms with van der Waals surface area (Å²) in [6.45, 7) is 7.16. The maximum Gasteiger partial charge on any atom is 0.243 e. The molecule has 1 amide bonds. The average molecular weight is 569 g/mol. The largest absolute Gasteiger partial charge is 0.378 e. The second-order valence-corrected chi connectivity index (χ2v) is 14.8. The van der Waals surface area contributed by atoms with E-state index in [0.717, 1.165) is 36.8 Å². The topological polar surface area (TPSA) is 79.0 Å². The van der Waals surface area contributed by atoms with Crippen molar-refractivity contribution >= 4 is 43.2 Å². The van der Waals surface area contributed by atoms with Crippen LogP contribution >= 0.6 is 15.9 Å². The lowest BCUT2D eigenvalue weighted by atomic mass is 9.48. The summed E-state index contributed by atoms with van der Waals surface area (Å²) in [7, 11) is -3.63. The highest BCUT2D eigenvalue weighted by Crippen LogP contribution is 2.65. The summed E-state index contributed by atoms with van der Waals surface area (Å²) in [5.41, 5.74) is 1.51. The number of alkyl halides is 1. The van der Waals surface area contributed by atoms with E-state index < -0.39 is 10.0 Å². The molecule has 0 spiro atoms. The molecule has 2 atom stereocenters. The van der Waals surface area contributed by atoms with Crippen LogP contribution in [0.3, 0.4) is 0 Å². The zero-order valence-corrected chi connectivity index (χ0v) is 23.3. The Morgan fingerprint density at radius 2 is 1.80 bits per heavy atom. The van der Waals surface area contributed by atoms with Gasteiger partial charge in [-0.05, 0) is 74.0 Å². The van der Waals surface area contributed by atoms with E-state index in [1.54, 1.807) is 12.1 Å². The molecule has 194 valence electrons. The van der Waals surface area contributed by atoms with Crippen molar-refractivity contribution < 1.29 is 17.9 Å². The van der Waals surface area contributed by atoms with Crippen molar-refractivity contribution in [2.24, 2.45) is 17.3 Å². The van der Waals surface area contributed by atoms with Gasteiger partial charge in [-0.2, -0.15) is 4.31 Å². The number of halogens is 1. The van der Waals surface area contributed by atoms with Crippen molar-refractivity contribution in [2.45, 2.75) is 68.0 Å². The summed E-state index contributed by atoms with van der Waals surface area (Å²) >= 11 is 4.05. The number of amides is 1. The number of nitrogens with zero attached hydrogens (tertiary/aromatic N) is 2. The van der Waals surface area contributed by atoms with Gasteiger partial charge in [0, 0.05) is 36.9 Å². The lowest BCUT2D eigenvalue weighted by Gasteiger charge is -2.60. The first-order chi connectivity index (χ1) is 16.7. The maximum absolute atomic E-state index is 13.5. The number of nitrogens with one attached hydrogen (secondary N) is 1. The molecule has 4 bridgehead atoms. The Hall–Kier alpha value is -1.16. The molecule has 9 heteroatoms. The van der Waals surface area contributed by atoms with E-state index in [2.05, 4.69) is 26.1 Å². The number of carbonyl (C=O) groups excluding carboxylic acids is 1. The van der Waals surface area contributed by atoms with Gasteiger partial charge in [0.05, 0.1) is 29.5 Å². The summed E-state index contributed by atoms with van der Waals surface area (Å²) in [5, 5.41) is 3.16. The lowest BCUT2D eigenvalue weighted by molar-refractivity contribution is -0.123. The van der Waals surface area contributed by atoms with Gasteiger partial charge in [0.1, 0.15) is 0 Å². The number of hydrogen-bond acceptors (Lipinski definition) is 5. The van der Waals surface area contributed by atoms with Gasteiger partial charge < -0.3 is 15.0 Å². The van der Waals surface area contributed by atoms with Gasteiger partial charge in [0.25, 0.3) is 0 Å². The minimum absolute atomic E-state index is 0.00468. The van der Waals surface area contributed by atoms with Crippen LogP contribution in [0.1, 0.15) is 58.8 Å². The Bertz CT molecular complexity index is 1050. The second-order valence-electron chi connectivity index (χ2n) is 11.2. The van der Waals surface area contributed by atoms with Crippen molar-refractivity contribution in [1.29, 1.82) is 0 Å². The van der Waals surface area contributed by atoms with E-state index in [1.165, 1.54) is 23.6 Å². The van der Waals surface area contributed by atoms with Crippen molar-refractivity contribution in [3.63, 3.8) is 0 Å². The fourth-order valence-electron chi connectivity index (χ4n) is 7.65. The predicted octanol–water partition coefficient (Wildman–Crippen LogP) is 4.62. The third-order valence-corrected chi connectivity index (χ3v) is 11.6. The third kappa shape index (κ3) is 5.03. The molecule has 1 saturated heterocycles. The van der Waals surface area contributed by atoms with Gasteiger partial charge in [-0.15, -0.1) is 0 Å². The van der Waals surface area contributed by atoms with Crippen LogP contribution in [0, 0.1) is 17.3 Å². The SMILES string of the molecule is CCN(CC)S(=O)(=O)c1ccc(N2CCOCC2)c(NC(=O)CC23C[C@@H]4C[C@H](CC(Br)(C4)C2)C3)c1. The molecule has 5 aliphatic rings. The fraction of sp³-hybridized carbons (Fsp3) is 0.731. The lowest BCUT2D eigenvalue weighted by Crippen LogP contribution is -2.53. The Kier molecular flexibility index (Phi) is 7.00. The van der Waals surface area contributed by atoms with Crippen LogP contribution in [0.4, 0.5) is 11.4 Å². The molecule has 1 aliphatic heterocycles. The average Bonchev–Trinajstić information content (AvgIpc) is 2.78. The first-order valence-corrected chi connectivity index (χ1v) is 15.3. The van der Waals surface area contributed by atoms with E-state index in [-0.39, 0.29) is 20.5 Å². The highest BCUT2D eigenvalue weighted by molar-refractivity contribution is 9.10. The van der Waals surface area contributed by atoms with Crippen LogP contribution in [-0.2, 0) is 19.6 Å². The van der Waals surface area contributed by atoms with Crippen molar-refractivity contribution in [2.75, 3.05) is 49.6 Å². The monoisotopic (exact) mass is 567 g/mol. The van der Waals surface area contributed by atoms with Crippen LogP contribution in [0.5, 0.6) is 0 Å². The number of benzene rings is 1. The Morgan fingerprint density at radius 3 is 2.40 bits per heavy atom. The van der Waals surface area contributed by atoms with Crippen LogP contribution < -0.4 is 10.2 Å². The van der Waals surface area contributed by atoms with E-state index in [0.29, 0.717) is 51.5 Å². The van der Waals surface area contributed by atoms with E-state index >= 15 is 0 Å². The van der Waals surface area contributed by atoms with Gasteiger partial charge in [0.15, 0.2) is 0 Å². The van der Waals surface area contributed by atoms with Crippen LogP contribution in [0.2, 0.25) is 0 Å². The van der Waals surface area contributed by atoms with Crippen LogP contribution in [0.25, 0.3) is 0 Å². The molecule has 1 aromatic carbocycles. The van der Waals surface area contributed by atoms with Crippen molar-refractivity contribution in [1.82, 2.24) is 4.31 Å². The second kappa shape index (κ2) is 9.62. The van der Waals surface area contributed by atoms with Gasteiger partial charge >= 0.3 is 0 Å². The predicted molar refractivity (Wildman–Crippen MR) is 142 cm³/mol.